The highest BCUT2D eigenvalue weighted by Crippen LogP contribution is 2.13. The van der Waals surface area contributed by atoms with Crippen LogP contribution < -0.4 is 5.32 Å². The Morgan fingerprint density at radius 2 is 1.67 bits per heavy atom. The molecule has 1 atom stereocenters. The van der Waals surface area contributed by atoms with Crippen molar-refractivity contribution < 1.29 is 8.42 Å². The van der Waals surface area contributed by atoms with Gasteiger partial charge in [-0.25, -0.2) is 8.42 Å². The van der Waals surface area contributed by atoms with E-state index in [2.05, 4.69) is 5.32 Å². The molecule has 0 amide bonds. The molecule has 0 bridgehead atoms. The van der Waals surface area contributed by atoms with Crippen LogP contribution in [-0.2, 0) is 9.84 Å². The molecule has 0 heterocycles. The van der Waals surface area contributed by atoms with Crippen LogP contribution in [0.15, 0.2) is 0 Å². The first-order valence-electron chi connectivity index (χ1n) is 5.56. The van der Waals surface area contributed by atoms with Crippen LogP contribution >= 0.6 is 0 Å². The first kappa shape index (κ1) is 14.9. The molecule has 0 fully saturated rings. The van der Waals surface area contributed by atoms with Crippen molar-refractivity contribution in [3.63, 3.8) is 0 Å². The van der Waals surface area contributed by atoms with Crippen LogP contribution in [0.25, 0.3) is 0 Å². The van der Waals surface area contributed by atoms with Crippen molar-refractivity contribution in [3.05, 3.63) is 0 Å². The fourth-order valence-electron chi connectivity index (χ4n) is 1.40. The summed E-state index contributed by atoms with van der Waals surface area (Å²) in [4.78, 5) is 0. The third kappa shape index (κ3) is 5.52. The molecule has 1 N–H and O–H groups in total. The lowest BCUT2D eigenvalue weighted by molar-refractivity contribution is 0.400. The van der Waals surface area contributed by atoms with Gasteiger partial charge in [-0.15, -0.1) is 0 Å². The number of hydrogen-bond donors (Lipinski definition) is 1. The summed E-state index contributed by atoms with van der Waals surface area (Å²) in [5.74, 6) is 0.381. The van der Waals surface area contributed by atoms with E-state index >= 15 is 0 Å². The van der Waals surface area contributed by atoms with Crippen LogP contribution in [0.5, 0.6) is 0 Å². The number of sulfone groups is 1. The predicted octanol–water partition coefficient (Wildman–Crippen LogP) is 1.83. The fraction of sp³-hybridized carbons (Fsp3) is 1.00. The number of rotatable bonds is 5. The van der Waals surface area contributed by atoms with Crippen molar-refractivity contribution in [1.29, 1.82) is 0 Å². The summed E-state index contributed by atoms with van der Waals surface area (Å²) in [6.07, 6.45) is 0. The molecule has 0 aromatic heterocycles. The van der Waals surface area contributed by atoms with E-state index in [0.717, 1.165) is 0 Å². The Morgan fingerprint density at radius 1 is 1.20 bits per heavy atom. The maximum atomic E-state index is 11.8. The van der Waals surface area contributed by atoms with Crippen LogP contribution in [0.4, 0.5) is 0 Å². The third-order valence-corrected chi connectivity index (χ3v) is 4.88. The second kappa shape index (κ2) is 5.30. The van der Waals surface area contributed by atoms with Gasteiger partial charge < -0.3 is 5.32 Å². The standard InChI is InChI=1S/C11H25NO2S/c1-7-15(13,14)10(9(2)3)8-12-11(4,5)6/h9-10,12H,7-8H2,1-6H3. The van der Waals surface area contributed by atoms with Gasteiger partial charge in [-0.1, -0.05) is 20.8 Å². The molecule has 0 aliphatic heterocycles. The summed E-state index contributed by atoms with van der Waals surface area (Å²) in [5.41, 5.74) is -0.0313. The maximum absolute atomic E-state index is 11.8. The molecular formula is C11H25NO2S. The van der Waals surface area contributed by atoms with E-state index in [1.165, 1.54) is 0 Å². The predicted molar refractivity (Wildman–Crippen MR) is 65.8 cm³/mol. The van der Waals surface area contributed by atoms with Crippen molar-refractivity contribution in [2.24, 2.45) is 5.92 Å². The molecule has 0 aromatic rings. The molecular weight excluding hydrogens is 210 g/mol. The van der Waals surface area contributed by atoms with E-state index in [4.69, 9.17) is 0 Å². The van der Waals surface area contributed by atoms with Crippen LogP contribution in [0.3, 0.4) is 0 Å². The van der Waals surface area contributed by atoms with Crippen molar-refractivity contribution in [3.8, 4) is 0 Å². The van der Waals surface area contributed by atoms with Crippen LogP contribution in [0.2, 0.25) is 0 Å². The van der Waals surface area contributed by atoms with Gasteiger partial charge in [-0.3, -0.25) is 0 Å². The summed E-state index contributed by atoms with van der Waals surface area (Å²) in [7, 11) is -2.94. The molecule has 0 spiro atoms. The molecule has 0 saturated heterocycles. The minimum absolute atomic E-state index is 0.0313. The first-order chi connectivity index (χ1) is 6.60. The van der Waals surface area contributed by atoms with E-state index < -0.39 is 9.84 Å². The van der Waals surface area contributed by atoms with Gasteiger partial charge in [0.2, 0.25) is 0 Å². The minimum atomic E-state index is -2.94. The van der Waals surface area contributed by atoms with Crippen molar-refractivity contribution in [2.45, 2.75) is 52.3 Å². The molecule has 0 radical (unpaired) electrons. The topological polar surface area (TPSA) is 46.2 Å². The zero-order valence-electron chi connectivity index (χ0n) is 10.8. The van der Waals surface area contributed by atoms with Crippen molar-refractivity contribution in [1.82, 2.24) is 5.32 Å². The normalized spacial score (nSPS) is 15.7. The molecule has 1 unspecified atom stereocenters. The van der Waals surface area contributed by atoms with Gasteiger partial charge in [0.25, 0.3) is 0 Å². The van der Waals surface area contributed by atoms with Gasteiger partial charge >= 0.3 is 0 Å². The summed E-state index contributed by atoms with van der Waals surface area (Å²) in [6.45, 7) is 12.3. The lowest BCUT2D eigenvalue weighted by Gasteiger charge is -2.27. The van der Waals surface area contributed by atoms with E-state index in [0.29, 0.717) is 6.54 Å². The van der Waals surface area contributed by atoms with E-state index in [9.17, 15) is 8.42 Å². The van der Waals surface area contributed by atoms with E-state index in [-0.39, 0.29) is 22.5 Å². The lowest BCUT2D eigenvalue weighted by Crippen LogP contribution is -2.45. The number of hydrogen-bond acceptors (Lipinski definition) is 3. The Labute approximate surface area is 94.6 Å². The summed E-state index contributed by atoms with van der Waals surface area (Å²) >= 11 is 0. The average Bonchev–Trinajstić information content (AvgIpc) is 2.01. The molecule has 3 nitrogen and oxygen atoms in total. The third-order valence-electron chi connectivity index (χ3n) is 2.44. The van der Waals surface area contributed by atoms with Gasteiger partial charge in [0.05, 0.1) is 5.25 Å². The van der Waals surface area contributed by atoms with Gasteiger partial charge in [0.1, 0.15) is 0 Å². The first-order valence-corrected chi connectivity index (χ1v) is 7.28. The van der Waals surface area contributed by atoms with Gasteiger partial charge in [-0.2, -0.15) is 0 Å². The van der Waals surface area contributed by atoms with Gasteiger partial charge in [0, 0.05) is 17.8 Å². The quantitative estimate of drug-likeness (QED) is 0.791. The molecule has 0 saturated carbocycles. The fourth-order valence-corrected chi connectivity index (χ4v) is 2.99. The Balaban J connectivity index is 4.58. The second-order valence-electron chi connectivity index (χ2n) is 5.36. The molecule has 4 heteroatoms. The molecule has 0 rings (SSSR count). The van der Waals surface area contributed by atoms with Crippen LogP contribution in [-0.4, -0.2) is 31.5 Å². The smallest absolute Gasteiger partial charge is 0.154 e. The molecule has 92 valence electrons. The highest BCUT2D eigenvalue weighted by atomic mass is 32.2. The van der Waals surface area contributed by atoms with Gasteiger partial charge in [-0.05, 0) is 26.7 Å². The largest absolute Gasteiger partial charge is 0.311 e. The highest BCUT2D eigenvalue weighted by molar-refractivity contribution is 7.92. The van der Waals surface area contributed by atoms with Crippen LogP contribution in [0.1, 0.15) is 41.5 Å². The summed E-state index contributed by atoms with van der Waals surface area (Å²) in [6, 6.07) is 0. The molecule has 15 heavy (non-hydrogen) atoms. The minimum Gasteiger partial charge on any atom is -0.311 e. The molecule has 0 aromatic carbocycles. The van der Waals surface area contributed by atoms with Gasteiger partial charge in [0.15, 0.2) is 9.84 Å². The zero-order chi connectivity index (χ0) is 12.3. The Hall–Kier alpha value is -0.0900. The van der Waals surface area contributed by atoms with E-state index in [1.807, 2.05) is 34.6 Å². The van der Waals surface area contributed by atoms with Crippen molar-refractivity contribution >= 4 is 9.84 Å². The highest BCUT2D eigenvalue weighted by Gasteiger charge is 2.27. The molecule has 0 aliphatic carbocycles. The Morgan fingerprint density at radius 3 is 1.93 bits per heavy atom. The Kier molecular flexibility index (Phi) is 5.27. The maximum Gasteiger partial charge on any atom is 0.154 e. The molecule has 0 aliphatic rings. The van der Waals surface area contributed by atoms with Crippen molar-refractivity contribution in [2.75, 3.05) is 12.3 Å². The SMILES string of the molecule is CCS(=O)(=O)C(CNC(C)(C)C)C(C)C. The number of nitrogens with one attached hydrogen (secondary N) is 1. The average molecular weight is 235 g/mol. The lowest BCUT2D eigenvalue weighted by atomic mass is 10.1. The zero-order valence-corrected chi connectivity index (χ0v) is 11.6. The summed E-state index contributed by atoms with van der Waals surface area (Å²) < 4.78 is 23.6. The summed E-state index contributed by atoms with van der Waals surface area (Å²) in [5, 5.41) is 2.99. The Bertz CT molecular complexity index is 275. The van der Waals surface area contributed by atoms with Crippen LogP contribution in [0, 0.1) is 5.92 Å². The van der Waals surface area contributed by atoms with E-state index in [1.54, 1.807) is 6.92 Å². The second-order valence-corrected chi connectivity index (χ2v) is 7.87. The monoisotopic (exact) mass is 235 g/mol.